The van der Waals surface area contributed by atoms with Crippen molar-refractivity contribution in [1.82, 2.24) is 0 Å². The zero-order valence-electron chi connectivity index (χ0n) is 24.0. The van der Waals surface area contributed by atoms with Gasteiger partial charge in [-0.1, -0.05) is 0 Å². The molecule has 0 saturated carbocycles. The van der Waals surface area contributed by atoms with E-state index in [-0.39, 0.29) is 0 Å². The van der Waals surface area contributed by atoms with Gasteiger partial charge in [0, 0.05) is 7.11 Å². The summed E-state index contributed by atoms with van der Waals surface area (Å²) in [6, 6.07) is 0. The molecule has 0 aromatic heterocycles. The first-order chi connectivity index (χ1) is 20.2. The van der Waals surface area contributed by atoms with Gasteiger partial charge in [0.2, 0.25) is 0 Å². The van der Waals surface area contributed by atoms with E-state index in [0.29, 0.717) is 0 Å². The highest BCUT2D eigenvalue weighted by atomic mass is 16.8. The summed E-state index contributed by atoms with van der Waals surface area (Å²) in [4.78, 5) is 0. The molecule has 4 fully saturated rings. The number of aliphatic hydroxyl groups is 10. The van der Waals surface area contributed by atoms with Gasteiger partial charge in [0.1, 0.15) is 79.4 Å². The van der Waals surface area contributed by atoms with Crippen LogP contribution in [0.3, 0.4) is 0 Å². The monoisotopic (exact) mass is 632 g/mol. The molecule has 4 saturated heterocycles. The van der Waals surface area contributed by atoms with Crippen molar-refractivity contribution in [3.05, 3.63) is 0 Å². The Hall–Kier alpha value is -0.720. The van der Waals surface area contributed by atoms with Gasteiger partial charge < -0.3 is 89.0 Å². The van der Waals surface area contributed by atoms with Gasteiger partial charge in [0.25, 0.3) is 0 Å². The van der Waals surface area contributed by atoms with Gasteiger partial charge in [-0.05, 0) is 20.8 Å². The Labute approximate surface area is 246 Å². The minimum Gasteiger partial charge on any atom is -0.394 e. The zero-order valence-corrected chi connectivity index (χ0v) is 24.0. The van der Waals surface area contributed by atoms with Crippen LogP contribution >= 0.6 is 0 Å². The molecule has 18 nitrogen and oxygen atoms in total. The van der Waals surface area contributed by atoms with Crippen LogP contribution in [0.25, 0.3) is 0 Å². The molecule has 0 bridgehead atoms. The highest BCUT2D eigenvalue weighted by molar-refractivity contribution is 4.97. The molecule has 10 N–H and O–H groups in total. The molecule has 0 unspecified atom stereocenters. The number of hydrogen-bond donors (Lipinski definition) is 10. The summed E-state index contributed by atoms with van der Waals surface area (Å²) in [6.07, 6.45) is -29.7. The molecular weight excluding hydrogens is 588 g/mol. The number of hydrogen-bond acceptors (Lipinski definition) is 18. The maximum atomic E-state index is 11.1. The van der Waals surface area contributed by atoms with E-state index in [1.807, 2.05) is 0 Å². The highest BCUT2D eigenvalue weighted by Gasteiger charge is 2.55. The summed E-state index contributed by atoms with van der Waals surface area (Å²) in [6.45, 7) is 3.64. The van der Waals surface area contributed by atoms with E-state index in [4.69, 9.17) is 37.9 Å². The number of ether oxygens (including phenoxy) is 8. The van der Waals surface area contributed by atoms with Gasteiger partial charge in [-0.3, -0.25) is 0 Å². The lowest BCUT2D eigenvalue weighted by Crippen LogP contribution is -2.67. The summed E-state index contributed by atoms with van der Waals surface area (Å²) >= 11 is 0. The van der Waals surface area contributed by atoms with Crippen LogP contribution < -0.4 is 0 Å². The minimum atomic E-state index is -1.80. The average molecular weight is 633 g/mol. The summed E-state index contributed by atoms with van der Waals surface area (Å²) in [5.41, 5.74) is 0. The quantitative estimate of drug-likeness (QED) is 0.119. The predicted octanol–water partition coefficient (Wildman–Crippen LogP) is -6.01. The number of aliphatic hydroxyl groups excluding tert-OH is 10. The van der Waals surface area contributed by atoms with Crippen LogP contribution in [-0.4, -0.2) is 188 Å². The lowest BCUT2D eigenvalue weighted by Gasteiger charge is -2.49. The molecule has 0 amide bonds. The largest absolute Gasteiger partial charge is 0.394 e. The molecule has 18 heteroatoms. The molecule has 43 heavy (non-hydrogen) atoms. The molecule has 0 spiro atoms. The smallest absolute Gasteiger partial charge is 0.187 e. The fourth-order valence-corrected chi connectivity index (χ4v) is 5.55. The second-order valence-corrected chi connectivity index (χ2v) is 11.3. The third-order valence-electron chi connectivity index (χ3n) is 8.30. The van der Waals surface area contributed by atoms with Crippen molar-refractivity contribution in [2.24, 2.45) is 0 Å². The van der Waals surface area contributed by atoms with Crippen molar-refractivity contribution in [2.45, 2.75) is 144 Å². The van der Waals surface area contributed by atoms with E-state index >= 15 is 0 Å². The minimum absolute atomic E-state index is 0.720. The number of methoxy groups -OCH3 is 1. The van der Waals surface area contributed by atoms with Crippen molar-refractivity contribution < 1.29 is 89.0 Å². The molecule has 4 aliphatic rings. The molecule has 0 aromatic rings. The van der Waals surface area contributed by atoms with Gasteiger partial charge >= 0.3 is 0 Å². The highest BCUT2D eigenvalue weighted by Crippen LogP contribution is 2.35. The molecule has 0 aliphatic carbocycles. The van der Waals surface area contributed by atoms with Crippen molar-refractivity contribution in [2.75, 3.05) is 13.7 Å². The van der Waals surface area contributed by atoms with E-state index in [1.54, 1.807) is 0 Å². The summed E-state index contributed by atoms with van der Waals surface area (Å²) < 4.78 is 45.3. The molecule has 4 heterocycles. The fourth-order valence-electron chi connectivity index (χ4n) is 5.55. The Balaban J connectivity index is 1.60. The van der Waals surface area contributed by atoms with Crippen molar-refractivity contribution in [3.63, 3.8) is 0 Å². The van der Waals surface area contributed by atoms with Gasteiger partial charge in [-0.15, -0.1) is 0 Å². The van der Waals surface area contributed by atoms with Crippen LogP contribution in [-0.2, 0) is 37.9 Å². The van der Waals surface area contributed by atoms with Crippen molar-refractivity contribution in [1.29, 1.82) is 0 Å². The SMILES string of the molecule is CO[C@@H]1O[C@@H](C)[C@H](O[C@H]2O[C@H](CO)[C@@H](O)[C@H](O)[C@H]2O)[C@@H](O[C@@H]2O[C@@H](C)[C@H](O)[C@@H](O)[C@H]2O[C@@H]2O[C@@H](C)[C@H](O)[C@@H](O)[C@H]2O)[C@H]1O. The van der Waals surface area contributed by atoms with Crippen LogP contribution in [0.15, 0.2) is 0 Å². The second-order valence-electron chi connectivity index (χ2n) is 11.3. The first-order valence-corrected chi connectivity index (χ1v) is 14.1. The molecule has 252 valence electrons. The summed E-state index contributed by atoms with van der Waals surface area (Å²) in [5.74, 6) is 0. The van der Waals surface area contributed by atoms with E-state index in [1.165, 1.54) is 27.9 Å². The molecule has 20 atom stereocenters. The van der Waals surface area contributed by atoms with Crippen molar-refractivity contribution >= 4 is 0 Å². The first kappa shape index (κ1) is 35.1. The van der Waals surface area contributed by atoms with Gasteiger partial charge in [0.15, 0.2) is 25.2 Å². The molecule has 4 rings (SSSR count). The normalized spacial score (nSPS) is 54.8. The zero-order chi connectivity index (χ0) is 31.9. The standard InChI is InChI=1S/C25H44O18/c1-6-10(27)13(30)16(33)23(37-6)43-21-15(32)11(28)7(2)38-25(21)42-20-18(35)22(36-4)39-8(3)19(20)41-24-17(34)14(31)12(29)9(5-26)40-24/h6-35H,5H2,1-4H3/t6-,7-,8-,9+,10-,11-,12+,13+,14-,15+,16+,17+,18+,19-,20-,21+,22+,23-,24+,25-/m0/s1. The predicted molar refractivity (Wildman–Crippen MR) is 134 cm³/mol. The van der Waals surface area contributed by atoms with Crippen LogP contribution in [0.1, 0.15) is 20.8 Å². The Kier molecular flexibility index (Phi) is 11.7. The average Bonchev–Trinajstić information content (AvgIpc) is 2.98. The Bertz CT molecular complexity index is 883. The second kappa shape index (κ2) is 14.4. The topological polar surface area (TPSA) is 276 Å². The van der Waals surface area contributed by atoms with E-state index in [0.717, 1.165) is 0 Å². The molecule has 0 aromatic carbocycles. The maximum Gasteiger partial charge on any atom is 0.187 e. The fraction of sp³-hybridized carbons (Fsp3) is 1.00. The van der Waals surface area contributed by atoms with E-state index in [9.17, 15) is 51.1 Å². The third kappa shape index (κ3) is 7.02. The van der Waals surface area contributed by atoms with Crippen molar-refractivity contribution in [3.8, 4) is 0 Å². The lowest BCUT2D eigenvalue weighted by molar-refractivity contribution is -0.396. The summed E-state index contributed by atoms with van der Waals surface area (Å²) in [5, 5.41) is 104. The van der Waals surface area contributed by atoms with Crippen LogP contribution in [0.2, 0.25) is 0 Å². The van der Waals surface area contributed by atoms with Gasteiger partial charge in [0.05, 0.1) is 24.9 Å². The van der Waals surface area contributed by atoms with Crippen LogP contribution in [0.5, 0.6) is 0 Å². The Morgan fingerprint density at radius 1 is 0.442 bits per heavy atom. The summed E-state index contributed by atoms with van der Waals surface area (Å²) in [7, 11) is 1.25. The first-order valence-electron chi connectivity index (χ1n) is 14.1. The third-order valence-corrected chi connectivity index (χ3v) is 8.30. The molecule has 0 radical (unpaired) electrons. The van der Waals surface area contributed by atoms with E-state index in [2.05, 4.69) is 0 Å². The Morgan fingerprint density at radius 3 is 1.49 bits per heavy atom. The molecule has 4 aliphatic heterocycles. The Morgan fingerprint density at radius 2 is 0.907 bits per heavy atom. The van der Waals surface area contributed by atoms with Gasteiger partial charge in [-0.2, -0.15) is 0 Å². The lowest BCUT2D eigenvalue weighted by atomic mass is 9.96. The van der Waals surface area contributed by atoms with E-state index < -0.39 is 129 Å². The maximum absolute atomic E-state index is 11.1. The molecular formula is C25H44O18. The number of rotatable bonds is 8. The van der Waals surface area contributed by atoms with Crippen LogP contribution in [0, 0.1) is 0 Å². The van der Waals surface area contributed by atoms with Gasteiger partial charge in [-0.25, -0.2) is 0 Å². The van der Waals surface area contributed by atoms with Crippen LogP contribution in [0.4, 0.5) is 0 Å².